The maximum atomic E-state index is 12.2. The molecule has 168 valence electrons. The van der Waals surface area contributed by atoms with Gasteiger partial charge in [0.2, 0.25) is 0 Å². The number of ether oxygens (including phenoxy) is 3. The van der Waals surface area contributed by atoms with Gasteiger partial charge in [0.05, 0.1) is 22.3 Å². The monoisotopic (exact) mass is 512 g/mol. The van der Waals surface area contributed by atoms with Gasteiger partial charge in [0.1, 0.15) is 6.61 Å². The number of nitro benzene ring substituents is 1. The lowest BCUT2D eigenvalue weighted by atomic mass is 10.1. The number of halogens is 1. The molecule has 10 heteroatoms. The summed E-state index contributed by atoms with van der Waals surface area (Å²) in [7, 11) is 0. The first-order valence-electron chi connectivity index (χ1n) is 9.83. The van der Waals surface area contributed by atoms with Crippen LogP contribution in [0.1, 0.15) is 23.8 Å². The van der Waals surface area contributed by atoms with Crippen molar-refractivity contribution in [2.45, 2.75) is 13.5 Å². The highest BCUT2D eigenvalue weighted by atomic mass is 79.9. The summed E-state index contributed by atoms with van der Waals surface area (Å²) in [5.41, 5.74) is 1.53. The van der Waals surface area contributed by atoms with Crippen molar-refractivity contribution in [1.82, 2.24) is 0 Å². The summed E-state index contributed by atoms with van der Waals surface area (Å²) in [5, 5.41) is 10.8. The molecule has 2 aromatic carbocycles. The van der Waals surface area contributed by atoms with Gasteiger partial charge in [0, 0.05) is 12.1 Å². The summed E-state index contributed by atoms with van der Waals surface area (Å²) >= 11 is 3.49. The fourth-order valence-electron chi connectivity index (χ4n) is 3.02. The Morgan fingerprint density at radius 2 is 1.97 bits per heavy atom. The van der Waals surface area contributed by atoms with Crippen LogP contribution in [-0.2, 0) is 16.1 Å². The zero-order valence-electron chi connectivity index (χ0n) is 17.3. The zero-order valence-corrected chi connectivity index (χ0v) is 18.9. The molecule has 0 amide bonds. The molecule has 0 fully saturated rings. The van der Waals surface area contributed by atoms with E-state index in [0.29, 0.717) is 33.9 Å². The van der Waals surface area contributed by atoms with Gasteiger partial charge in [0.25, 0.3) is 11.6 Å². The van der Waals surface area contributed by atoms with Gasteiger partial charge in [-0.3, -0.25) is 10.1 Å². The molecule has 33 heavy (non-hydrogen) atoms. The zero-order chi connectivity index (χ0) is 23.4. The van der Waals surface area contributed by atoms with E-state index in [1.165, 1.54) is 18.4 Å². The van der Waals surface area contributed by atoms with E-state index in [-0.39, 0.29) is 23.9 Å². The average Bonchev–Trinajstić information content (AvgIpc) is 3.44. The number of furan rings is 1. The highest BCUT2D eigenvalue weighted by molar-refractivity contribution is 9.10. The molecular formula is C23H17BrN2O7. The van der Waals surface area contributed by atoms with Crippen LogP contribution >= 0.6 is 15.9 Å². The molecule has 4 rings (SSSR count). The fraction of sp³-hybridized carbons (Fsp3) is 0.130. The molecule has 1 aliphatic rings. The third-order valence-electron chi connectivity index (χ3n) is 4.52. The third kappa shape index (κ3) is 5.12. The molecule has 0 spiro atoms. The Morgan fingerprint density at radius 3 is 2.64 bits per heavy atom. The number of cyclic esters (lactones) is 1. The topological polar surface area (TPSA) is 113 Å². The molecule has 1 aromatic heterocycles. The molecule has 2 heterocycles. The Hall–Kier alpha value is -3.92. The summed E-state index contributed by atoms with van der Waals surface area (Å²) in [6.07, 6.45) is 3.04. The summed E-state index contributed by atoms with van der Waals surface area (Å²) in [6.45, 7) is 2.41. The van der Waals surface area contributed by atoms with E-state index < -0.39 is 10.9 Å². The van der Waals surface area contributed by atoms with Gasteiger partial charge in [-0.1, -0.05) is 0 Å². The van der Waals surface area contributed by atoms with Crippen LogP contribution in [0.25, 0.3) is 6.08 Å². The molecule has 0 radical (unpaired) electrons. The number of hydrogen-bond acceptors (Lipinski definition) is 8. The number of carbonyl (C=O) groups is 1. The first kappa shape index (κ1) is 22.3. The summed E-state index contributed by atoms with van der Waals surface area (Å²) in [6, 6.07) is 12.9. The molecule has 0 saturated carbocycles. The van der Waals surface area contributed by atoms with Crippen molar-refractivity contribution >= 4 is 39.6 Å². The number of benzene rings is 2. The number of rotatable bonds is 8. The van der Waals surface area contributed by atoms with Gasteiger partial charge in [-0.25, -0.2) is 9.79 Å². The van der Waals surface area contributed by atoms with E-state index in [1.54, 1.807) is 42.5 Å². The van der Waals surface area contributed by atoms with Crippen molar-refractivity contribution in [1.29, 1.82) is 0 Å². The van der Waals surface area contributed by atoms with Crippen molar-refractivity contribution in [3.05, 3.63) is 92.0 Å². The standard InChI is InChI=1S/C23H17BrN2O7/c1-2-30-20-12-15(11-18-23(27)33-22(25-18)19-4-3-9-31-19)10-17(24)21(20)32-13-14-5-7-16(8-6-14)26(28)29/h3-12H,2,13H2,1H3/b18-11-. The summed E-state index contributed by atoms with van der Waals surface area (Å²) in [5.74, 6) is 0.795. The third-order valence-corrected chi connectivity index (χ3v) is 5.11. The molecule has 0 aliphatic carbocycles. The van der Waals surface area contributed by atoms with Crippen LogP contribution in [0.15, 0.2) is 74.4 Å². The van der Waals surface area contributed by atoms with E-state index in [4.69, 9.17) is 18.6 Å². The van der Waals surface area contributed by atoms with Crippen molar-refractivity contribution < 1.29 is 28.3 Å². The molecular weight excluding hydrogens is 496 g/mol. The van der Waals surface area contributed by atoms with Crippen molar-refractivity contribution in [2.75, 3.05) is 6.61 Å². The molecule has 0 saturated heterocycles. The largest absolute Gasteiger partial charge is 0.490 e. The van der Waals surface area contributed by atoms with Crippen LogP contribution in [0.5, 0.6) is 11.5 Å². The lowest BCUT2D eigenvalue weighted by Crippen LogP contribution is -2.04. The predicted octanol–water partition coefficient (Wildman–Crippen LogP) is 5.27. The molecule has 0 N–H and O–H groups in total. The number of non-ortho nitro benzene ring substituents is 1. The fourth-order valence-corrected chi connectivity index (χ4v) is 3.59. The van der Waals surface area contributed by atoms with Crippen molar-refractivity contribution in [3.8, 4) is 11.5 Å². The molecule has 1 aliphatic heterocycles. The second-order valence-corrected chi connectivity index (χ2v) is 7.64. The summed E-state index contributed by atoms with van der Waals surface area (Å²) in [4.78, 5) is 26.8. The van der Waals surface area contributed by atoms with Crippen molar-refractivity contribution in [2.24, 2.45) is 4.99 Å². The highest BCUT2D eigenvalue weighted by Gasteiger charge is 2.26. The Bertz CT molecular complexity index is 1250. The van der Waals surface area contributed by atoms with E-state index >= 15 is 0 Å². The van der Waals surface area contributed by atoms with Gasteiger partial charge < -0.3 is 18.6 Å². The van der Waals surface area contributed by atoms with Crippen LogP contribution in [0.2, 0.25) is 0 Å². The van der Waals surface area contributed by atoms with Crippen LogP contribution < -0.4 is 9.47 Å². The smallest absolute Gasteiger partial charge is 0.363 e. The quantitative estimate of drug-likeness (QED) is 0.174. The number of nitro groups is 1. The molecule has 0 bridgehead atoms. The minimum atomic E-state index is -0.589. The average molecular weight is 513 g/mol. The SMILES string of the molecule is CCOc1cc(/C=C2\N=C(c3ccco3)OC2=O)cc(Br)c1OCc1ccc([N+](=O)[O-])cc1. The number of aliphatic imine (C=N–C) groups is 1. The molecule has 0 atom stereocenters. The van der Waals surface area contributed by atoms with E-state index in [9.17, 15) is 14.9 Å². The molecule has 9 nitrogen and oxygen atoms in total. The first-order valence-corrected chi connectivity index (χ1v) is 10.6. The normalized spacial score (nSPS) is 14.2. The lowest BCUT2D eigenvalue weighted by Gasteiger charge is -2.15. The van der Waals surface area contributed by atoms with Gasteiger partial charge in [-0.2, -0.15) is 0 Å². The minimum absolute atomic E-state index is 0.00984. The van der Waals surface area contributed by atoms with Crippen LogP contribution in [0.4, 0.5) is 5.69 Å². The predicted molar refractivity (Wildman–Crippen MR) is 122 cm³/mol. The van der Waals surface area contributed by atoms with E-state index in [2.05, 4.69) is 20.9 Å². The van der Waals surface area contributed by atoms with Gasteiger partial charge in [-0.05, 0) is 76.5 Å². The maximum absolute atomic E-state index is 12.2. The Labute approximate surface area is 196 Å². The van der Waals surface area contributed by atoms with Gasteiger partial charge in [0.15, 0.2) is 23.0 Å². The number of hydrogen-bond donors (Lipinski definition) is 0. The number of esters is 1. The van der Waals surface area contributed by atoms with Crippen LogP contribution in [0, 0.1) is 10.1 Å². The second-order valence-electron chi connectivity index (χ2n) is 6.79. The van der Waals surface area contributed by atoms with Crippen LogP contribution in [0.3, 0.4) is 0 Å². The Balaban J connectivity index is 1.57. The first-order chi connectivity index (χ1) is 15.9. The number of carbonyl (C=O) groups excluding carboxylic acids is 1. The Kier molecular flexibility index (Phi) is 6.55. The highest BCUT2D eigenvalue weighted by Crippen LogP contribution is 2.38. The van der Waals surface area contributed by atoms with Gasteiger partial charge >= 0.3 is 5.97 Å². The molecule has 3 aromatic rings. The maximum Gasteiger partial charge on any atom is 0.363 e. The number of nitrogens with zero attached hydrogens (tertiary/aromatic N) is 2. The minimum Gasteiger partial charge on any atom is -0.490 e. The van der Waals surface area contributed by atoms with E-state index in [0.717, 1.165) is 5.56 Å². The van der Waals surface area contributed by atoms with Crippen LogP contribution in [-0.4, -0.2) is 23.4 Å². The Morgan fingerprint density at radius 1 is 1.18 bits per heavy atom. The summed E-state index contributed by atoms with van der Waals surface area (Å²) < 4.78 is 22.6. The van der Waals surface area contributed by atoms with Gasteiger partial charge in [-0.15, -0.1) is 0 Å². The second kappa shape index (κ2) is 9.70. The molecule has 0 unspecified atom stereocenters. The lowest BCUT2D eigenvalue weighted by molar-refractivity contribution is -0.384. The van der Waals surface area contributed by atoms with E-state index in [1.807, 2.05) is 6.92 Å². The van der Waals surface area contributed by atoms with Crippen molar-refractivity contribution in [3.63, 3.8) is 0 Å².